The fraction of sp³-hybridized carbons (Fsp3) is 0.455. The van der Waals surface area contributed by atoms with Crippen LogP contribution < -0.4 is 10.3 Å². The van der Waals surface area contributed by atoms with E-state index in [0.717, 1.165) is 46.1 Å². The molecule has 0 aliphatic rings. The number of benzene rings is 1. The monoisotopic (exact) mass is 368 g/mol. The van der Waals surface area contributed by atoms with E-state index in [4.69, 9.17) is 9.47 Å². The highest BCUT2D eigenvalue weighted by molar-refractivity contribution is 6.06. The van der Waals surface area contributed by atoms with E-state index in [1.807, 2.05) is 19.1 Å². The number of aryl methyl sites for hydroxylation is 2. The third-order valence-corrected chi connectivity index (χ3v) is 4.97. The molecule has 0 N–H and O–H groups in total. The summed E-state index contributed by atoms with van der Waals surface area (Å²) >= 11 is 0. The van der Waals surface area contributed by atoms with Gasteiger partial charge in [-0.2, -0.15) is 0 Å². The Bertz CT molecular complexity index is 1020. The first-order chi connectivity index (χ1) is 12.9. The minimum atomic E-state index is -0.0339. The predicted molar refractivity (Wildman–Crippen MR) is 110 cm³/mol. The number of pyridine rings is 2. The largest absolute Gasteiger partial charge is 0.493 e. The van der Waals surface area contributed by atoms with E-state index in [0.29, 0.717) is 24.5 Å². The first-order valence-electron chi connectivity index (χ1n) is 9.46. The molecule has 0 aliphatic carbocycles. The molecule has 144 valence electrons. The van der Waals surface area contributed by atoms with E-state index in [9.17, 15) is 4.79 Å². The third kappa shape index (κ3) is 3.83. The number of hydrogen-bond acceptors (Lipinski definition) is 4. The van der Waals surface area contributed by atoms with Crippen molar-refractivity contribution in [2.24, 2.45) is 13.0 Å². The van der Waals surface area contributed by atoms with E-state index >= 15 is 0 Å². The number of ether oxygens (including phenoxy) is 2. The summed E-state index contributed by atoms with van der Waals surface area (Å²) in [7, 11) is 3.48. The van der Waals surface area contributed by atoms with Crippen molar-refractivity contribution < 1.29 is 9.47 Å². The molecule has 27 heavy (non-hydrogen) atoms. The summed E-state index contributed by atoms with van der Waals surface area (Å²) in [4.78, 5) is 17.2. The number of nitrogens with zero attached hydrogens (tertiary/aromatic N) is 2. The lowest BCUT2D eigenvalue weighted by molar-refractivity contribution is 0.179. The van der Waals surface area contributed by atoms with Crippen LogP contribution in [0.5, 0.6) is 5.75 Å². The molecule has 0 radical (unpaired) electrons. The minimum absolute atomic E-state index is 0.0339. The Labute approximate surface area is 159 Å². The second-order valence-electron chi connectivity index (χ2n) is 7.48. The van der Waals surface area contributed by atoms with Gasteiger partial charge in [0.15, 0.2) is 0 Å². The van der Waals surface area contributed by atoms with Crippen molar-refractivity contribution in [1.82, 2.24) is 9.55 Å². The van der Waals surface area contributed by atoms with E-state index < -0.39 is 0 Å². The van der Waals surface area contributed by atoms with Crippen LogP contribution in [0.3, 0.4) is 0 Å². The molecule has 0 fully saturated rings. The lowest BCUT2D eigenvalue weighted by atomic mass is 10.0. The summed E-state index contributed by atoms with van der Waals surface area (Å²) in [6.45, 7) is 7.42. The van der Waals surface area contributed by atoms with E-state index in [1.54, 1.807) is 24.9 Å². The molecule has 5 nitrogen and oxygen atoms in total. The van der Waals surface area contributed by atoms with Crippen LogP contribution in [0.1, 0.15) is 37.9 Å². The lowest BCUT2D eigenvalue weighted by Gasteiger charge is -2.16. The van der Waals surface area contributed by atoms with Crippen LogP contribution in [-0.2, 0) is 18.4 Å². The molecule has 1 aromatic carbocycles. The second-order valence-corrected chi connectivity index (χ2v) is 7.48. The quantitative estimate of drug-likeness (QED) is 0.459. The molecule has 0 unspecified atom stereocenters. The van der Waals surface area contributed by atoms with Gasteiger partial charge in [0.25, 0.3) is 5.56 Å². The maximum atomic E-state index is 12.9. The van der Waals surface area contributed by atoms with Crippen LogP contribution in [0.25, 0.3) is 21.7 Å². The van der Waals surface area contributed by atoms with Gasteiger partial charge >= 0.3 is 0 Å². The van der Waals surface area contributed by atoms with Crippen LogP contribution in [0.4, 0.5) is 0 Å². The van der Waals surface area contributed by atoms with Gasteiger partial charge < -0.3 is 14.0 Å². The van der Waals surface area contributed by atoms with Crippen molar-refractivity contribution in [3.05, 3.63) is 46.0 Å². The predicted octanol–water partition coefficient (Wildman–Crippen LogP) is 4.36. The molecule has 2 aromatic heterocycles. The highest BCUT2D eigenvalue weighted by atomic mass is 16.5. The number of hydrogen-bond donors (Lipinski definition) is 0. The summed E-state index contributed by atoms with van der Waals surface area (Å²) in [5, 5.41) is 2.60. The van der Waals surface area contributed by atoms with Crippen molar-refractivity contribution in [3.8, 4) is 5.75 Å². The molecule has 3 rings (SSSR count). The van der Waals surface area contributed by atoms with Crippen molar-refractivity contribution in [3.63, 3.8) is 0 Å². The molecule has 3 aromatic rings. The van der Waals surface area contributed by atoms with Crippen molar-refractivity contribution in [1.29, 1.82) is 0 Å². The Morgan fingerprint density at radius 3 is 2.70 bits per heavy atom. The smallest absolute Gasteiger partial charge is 0.260 e. The molecule has 0 atom stereocenters. The van der Waals surface area contributed by atoms with Gasteiger partial charge in [-0.15, -0.1) is 0 Å². The zero-order valence-electron chi connectivity index (χ0n) is 16.8. The van der Waals surface area contributed by atoms with Gasteiger partial charge in [-0.3, -0.25) is 9.78 Å². The number of rotatable bonds is 7. The van der Waals surface area contributed by atoms with Crippen LogP contribution in [0.15, 0.2) is 29.2 Å². The first-order valence-corrected chi connectivity index (χ1v) is 9.46. The van der Waals surface area contributed by atoms with E-state index in [2.05, 4.69) is 24.9 Å². The molecule has 0 bridgehead atoms. The molecule has 0 spiro atoms. The van der Waals surface area contributed by atoms with Crippen molar-refractivity contribution in [2.75, 3.05) is 13.7 Å². The third-order valence-electron chi connectivity index (χ3n) is 4.97. The fourth-order valence-corrected chi connectivity index (χ4v) is 3.52. The van der Waals surface area contributed by atoms with Gasteiger partial charge in [0, 0.05) is 37.4 Å². The van der Waals surface area contributed by atoms with Crippen LogP contribution in [0, 0.1) is 12.8 Å². The maximum Gasteiger partial charge on any atom is 0.260 e. The Morgan fingerprint density at radius 2 is 2.00 bits per heavy atom. The maximum absolute atomic E-state index is 12.9. The molecule has 5 heteroatoms. The zero-order valence-corrected chi connectivity index (χ0v) is 16.8. The van der Waals surface area contributed by atoms with Gasteiger partial charge in [-0.25, -0.2) is 0 Å². The van der Waals surface area contributed by atoms with E-state index in [-0.39, 0.29) is 5.56 Å². The highest BCUT2D eigenvalue weighted by Gasteiger charge is 2.15. The number of aromatic nitrogens is 2. The number of fused-ring (bicyclic) bond motifs is 3. The summed E-state index contributed by atoms with van der Waals surface area (Å²) in [5.74, 6) is 1.45. The van der Waals surface area contributed by atoms with Crippen molar-refractivity contribution >= 4 is 21.7 Å². The molecule has 2 heterocycles. The number of methoxy groups -OCH3 is 1. The van der Waals surface area contributed by atoms with Gasteiger partial charge in [-0.05, 0) is 43.2 Å². The molecule has 0 aliphatic heterocycles. The average molecular weight is 368 g/mol. The molecule has 0 saturated carbocycles. The molecular formula is C22H28N2O3. The summed E-state index contributed by atoms with van der Waals surface area (Å²) in [5.41, 5.74) is 2.56. The van der Waals surface area contributed by atoms with Gasteiger partial charge in [0.05, 0.1) is 29.8 Å². The van der Waals surface area contributed by atoms with Gasteiger partial charge in [-0.1, -0.05) is 13.8 Å². The highest BCUT2D eigenvalue weighted by Crippen LogP contribution is 2.31. The van der Waals surface area contributed by atoms with Gasteiger partial charge in [0.2, 0.25) is 0 Å². The Balaban J connectivity index is 2.15. The first kappa shape index (κ1) is 19.4. The second kappa shape index (κ2) is 8.09. The molecule has 0 amide bonds. The van der Waals surface area contributed by atoms with Crippen LogP contribution >= 0.6 is 0 Å². The Morgan fingerprint density at radius 1 is 1.22 bits per heavy atom. The Kier molecular flexibility index (Phi) is 5.80. The van der Waals surface area contributed by atoms with Gasteiger partial charge in [0.1, 0.15) is 5.75 Å². The van der Waals surface area contributed by atoms with E-state index in [1.165, 1.54) is 0 Å². The molecular weight excluding hydrogens is 340 g/mol. The average Bonchev–Trinajstić information content (AvgIpc) is 2.63. The molecule has 0 saturated heterocycles. The topological polar surface area (TPSA) is 53.3 Å². The summed E-state index contributed by atoms with van der Waals surface area (Å²) in [6.07, 6.45) is 3.88. The summed E-state index contributed by atoms with van der Waals surface area (Å²) < 4.78 is 13.1. The van der Waals surface area contributed by atoms with Crippen molar-refractivity contribution in [2.45, 2.75) is 40.2 Å². The lowest BCUT2D eigenvalue weighted by Crippen LogP contribution is -2.19. The normalized spacial score (nSPS) is 11.6. The van der Waals surface area contributed by atoms with Crippen LogP contribution in [0.2, 0.25) is 0 Å². The fourth-order valence-electron chi connectivity index (χ4n) is 3.52. The minimum Gasteiger partial charge on any atom is -0.493 e. The Hall–Kier alpha value is -2.40. The zero-order chi connectivity index (χ0) is 19.6. The van der Waals surface area contributed by atoms with Crippen LogP contribution in [-0.4, -0.2) is 23.3 Å². The SMILES string of the molecule is COCc1cc2c3ccnc(C)c3c(=O)n(C)c2cc1OCCCC(C)C. The summed E-state index contributed by atoms with van der Waals surface area (Å²) in [6, 6.07) is 5.96. The standard InChI is InChI=1S/C22H28N2O3/c1-14(2)7-6-10-27-20-12-19-18(11-16(20)13-26-5)17-8-9-23-15(3)21(17)22(25)24(19)4/h8-9,11-12,14H,6-7,10,13H2,1-5H3.